The fourth-order valence-electron chi connectivity index (χ4n) is 4.49. The Bertz CT molecular complexity index is 1370. The lowest BCUT2D eigenvalue weighted by atomic mass is 10.0. The second-order valence-corrected chi connectivity index (χ2v) is 9.11. The van der Waals surface area contributed by atoms with Crippen LogP contribution < -0.4 is 19.9 Å². The first-order chi connectivity index (χ1) is 17.4. The molecule has 1 aliphatic heterocycles. The van der Waals surface area contributed by atoms with Gasteiger partial charge in [-0.25, -0.2) is 0 Å². The predicted molar refractivity (Wildman–Crippen MR) is 137 cm³/mol. The topological polar surface area (TPSA) is 114 Å². The van der Waals surface area contributed by atoms with E-state index in [1.807, 2.05) is 61.2 Å². The molecule has 1 aromatic heterocycles. The number of rotatable bonds is 7. The number of aromatic nitrogens is 2. The summed E-state index contributed by atoms with van der Waals surface area (Å²) in [5.74, 6) is 0.241. The number of anilines is 2. The van der Waals surface area contributed by atoms with Crippen LogP contribution in [0.1, 0.15) is 31.2 Å². The molecule has 1 aliphatic rings. The molecule has 1 amide bonds. The molecule has 0 saturated carbocycles. The largest absolute Gasteiger partial charge is 0.484 e. The lowest BCUT2D eigenvalue weighted by molar-refractivity contribution is -0.123. The van der Waals surface area contributed by atoms with Crippen LogP contribution in [0.3, 0.4) is 0 Å². The number of aliphatic hydroxyl groups is 2. The maximum atomic E-state index is 12.0. The van der Waals surface area contributed by atoms with Gasteiger partial charge < -0.3 is 25.2 Å². The number of nitrogens with zero attached hydrogens (tertiary/aromatic N) is 3. The Morgan fingerprint density at radius 2 is 1.94 bits per heavy atom. The molecule has 186 valence electrons. The summed E-state index contributed by atoms with van der Waals surface area (Å²) in [5.41, 5.74) is 3.91. The third-order valence-corrected chi connectivity index (χ3v) is 6.11. The van der Waals surface area contributed by atoms with E-state index in [0.29, 0.717) is 23.5 Å². The van der Waals surface area contributed by atoms with E-state index >= 15 is 0 Å². The van der Waals surface area contributed by atoms with Crippen molar-refractivity contribution in [1.29, 1.82) is 0 Å². The van der Waals surface area contributed by atoms with Gasteiger partial charge in [0.05, 0.1) is 11.7 Å². The Hall–Kier alpha value is -4.08. The summed E-state index contributed by atoms with van der Waals surface area (Å²) < 4.78 is 5.67. The Labute approximate surface area is 208 Å². The highest BCUT2D eigenvalue weighted by Gasteiger charge is 2.37. The molecular formula is C27H29N5O4. The fraction of sp³-hybridized carbons (Fsp3) is 0.259. The first kappa shape index (κ1) is 23.7. The SMILES string of the molecule is CC(C)NC(=O)COc1cccc(N2C(O)c3ccccc3N(Cc3ccc4[nH]ncc4c3)C2O)c1. The Kier molecular flexibility index (Phi) is 6.49. The normalized spacial score (nSPS) is 17.4. The summed E-state index contributed by atoms with van der Waals surface area (Å²) in [7, 11) is 0. The first-order valence-corrected chi connectivity index (χ1v) is 11.8. The van der Waals surface area contributed by atoms with Gasteiger partial charge in [0, 0.05) is 41.0 Å². The minimum absolute atomic E-state index is 0.0198. The number of para-hydroxylation sites is 1. The molecular weight excluding hydrogens is 458 g/mol. The van der Waals surface area contributed by atoms with Crippen molar-refractivity contribution in [2.24, 2.45) is 0 Å². The third-order valence-electron chi connectivity index (χ3n) is 6.11. The maximum Gasteiger partial charge on any atom is 0.258 e. The average molecular weight is 488 g/mol. The molecule has 0 aliphatic carbocycles. The van der Waals surface area contributed by atoms with E-state index in [0.717, 1.165) is 22.2 Å². The second-order valence-electron chi connectivity index (χ2n) is 9.11. The Morgan fingerprint density at radius 3 is 2.78 bits per heavy atom. The average Bonchev–Trinajstić information content (AvgIpc) is 3.33. The Morgan fingerprint density at radius 1 is 1.11 bits per heavy atom. The van der Waals surface area contributed by atoms with Crippen molar-refractivity contribution >= 4 is 28.2 Å². The summed E-state index contributed by atoms with van der Waals surface area (Å²) in [6.07, 6.45) is -0.472. The molecule has 2 unspecified atom stereocenters. The van der Waals surface area contributed by atoms with Crippen LogP contribution in [0.25, 0.3) is 10.9 Å². The zero-order valence-electron chi connectivity index (χ0n) is 20.1. The van der Waals surface area contributed by atoms with E-state index in [9.17, 15) is 15.0 Å². The second kappa shape index (κ2) is 9.88. The van der Waals surface area contributed by atoms with Crippen molar-refractivity contribution in [3.63, 3.8) is 0 Å². The summed E-state index contributed by atoms with van der Waals surface area (Å²) in [6, 6.07) is 20.5. The quantitative estimate of drug-likeness (QED) is 0.316. The fourth-order valence-corrected chi connectivity index (χ4v) is 4.49. The highest BCUT2D eigenvalue weighted by Crippen LogP contribution is 2.41. The van der Waals surface area contributed by atoms with E-state index in [1.165, 1.54) is 4.90 Å². The molecule has 0 bridgehead atoms. The molecule has 2 heterocycles. The molecule has 4 aromatic rings. The summed E-state index contributed by atoms with van der Waals surface area (Å²) in [6.45, 7) is 4.05. The lowest BCUT2D eigenvalue weighted by Crippen LogP contribution is -2.54. The number of benzene rings is 3. The van der Waals surface area contributed by atoms with Gasteiger partial charge in [-0.2, -0.15) is 5.10 Å². The molecule has 0 radical (unpaired) electrons. The van der Waals surface area contributed by atoms with Crippen molar-refractivity contribution in [3.05, 3.63) is 84.1 Å². The number of aromatic amines is 1. The van der Waals surface area contributed by atoms with Gasteiger partial charge in [-0.1, -0.05) is 30.3 Å². The van der Waals surface area contributed by atoms with E-state index in [2.05, 4.69) is 15.5 Å². The maximum absolute atomic E-state index is 12.0. The zero-order valence-corrected chi connectivity index (χ0v) is 20.1. The first-order valence-electron chi connectivity index (χ1n) is 11.8. The van der Waals surface area contributed by atoms with E-state index < -0.39 is 12.6 Å². The molecule has 0 spiro atoms. The van der Waals surface area contributed by atoms with Crippen LogP contribution in [-0.4, -0.2) is 45.3 Å². The third kappa shape index (κ3) is 4.71. The number of fused-ring (bicyclic) bond motifs is 2. The van der Waals surface area contributed by atoms with Crippen molar-refractivity contribution in [3.8, 4) is 5.75 Å². The van der Waals surface area contributed by atoms with E-state index in [-0.39, 0.29) is 18.6 Å². The van der Waals surface area contributed by atoms with E-state index in [4.69, 9.17) is 4.74 Å². The minimum Gasteiger partial charge on any atom is -0.484 e. The molecule has 9 nitrogen and oxygen atoms in total. The van der Waals surface area contributed by atoms with Crippen molar-refractivity contribution in [2.75, 3.05) is 16.4 Å². The van der Waals surface area contributed by atoms with Gasteiger partial charge in [-0.3, -0.25) is 14.8 Å². The molecule has 36 heavy (non-hydrogen) atoms. The van der Waals surface area contributed by atoms with Gasteiger partial charge >= 0.3 is 0 Å². The van der Waals surface area contributed by atoms with Gasteiger partial charge in [0.25, 0.3) is 5.91 Å². The smallest absolute Gasteiger partial charge is 0.258 e. The molecule has 2 atom stereocenters. The number of carbonyl (C=O) groups is 1. The van der Waals surface area contributed by atoms with Gasteiger partial charge in [-0.15, -0.1) is 0 Å². The summed E-state index contributed by atoms with van der Waals surface area (Å²) in [4.78, 5) is 15.4. The van der Waals surface area contributed by atoms with Crippen LogP contribution >= 0.6 is 0 Å². The molecule has 0 fully saturated rings. The highest BCUT2D eigenvalue weighted by molar-refractivity contribution is 5.79. The molecule has 0 saturated heterocycles. The van der Waals surface area contributed by atoms with Crippen LogP contribution in [0.15, 0.2) is 72.9 Å². The van der Waals surface area contributed by atoms with Gasteiger partial charge in [0.1, 0.15) is 5.75 Å². The van der Waals surface area contributed by atoms with Crippen LogP contribution in [0.2, 0.25) is 0 Å². The van der Waals surface area contributed by atoms with Crippen LogP contribution in [0.4, 0.5) is 11.4 Å². The molecule has 5 rings (SSSR count). The van der Waals surface area contributed by atoms with Gasteiger partial charge in [0.15, 0.2) is 12.8 Å². The van der Waals surface area contributed by atoms with Crippen LogP contribution in [-0.2, 0) is 11.3 Å². The number of nitrogens with one attached hydrogen (secondary N) is 2. The van der Waals surface area contributed by atoms with E-state index in [1.54, 1.807) is 30.5 Å². The minimum atomic E-state index is -1.16. The number of aliphatic hydroxyl groups excluding tert-OH is 2. The standard InChI is InChI=1S/C27H29N5O4/c1-17(2)29-25(33)16-36-21-7-5-6-20(13-21)32-26(34)22-8-3-4-9-24(22)31(27(32)35)15-18-10-11-23-19(12-18)14-28-30-23/h3-14,17,26-27,34-35H,15-16H2,1-2H3,(H,28,30)(H,29,33). The molecule has 3 aromatic carbocycles. The predicted octanol–water partition coefficient (Wildman–Crippen LogP) is 3.26. The number of H-pyrrole nitrogens is 1. The summed E-state index contributed by atoms with van der Waals surface area (Å²) >= 11 is 0. The van der Waals surface area contributed by atoms with Crippen molar-refractivity contribution in [2.45, 2.75) is 39.0 Å². The molecule has 4 N–H and O–H groups in total. The number of carbonyl (C=O) groups excluding carboxylic acids is 1. The Balaban J connectivity index is 1.44. The summed E-state index contributed by atoms with van der Waals surface area (Å²) in [5, 5.41) is 33.6. The van der Waals surface area contributed by atoms with Crippen LogP contribution in [0.5, 0.6) is 5.75 Å². The lowest BCUT2D eigenvalue weighted by Gasteiger charge is -2.46. The van der Waals surface area contributed by atoms with Gasteiger partial charge in [-0.05, 0) is 49.7 Å². The number of hydrogen-bond acceptors (Lipinski definition) is 7. The molecule has 9 heteroatoms. The highest BCUT2D eigenvalue weighted by atomic mass is 16.5. The van der Waals surface area contributed by atoms with Crippen LogP contribution in [0, 0.1) is 0 Å². The van der Waals surface area contributed by atoms with Crippen molar-refractivity contribution in [1.82, 2.24) is 15.5 Å². The monoisotopic (exact) mass is 487 g/mol. The number of ether oxygens (including phenoxy) is 1. The number of amides is 1. The zero-order chi connectivity index (χ0) is 25.2. The number of hydrogen-bond donors (Lipinski definition) is 4. The van der Waals surface area contributed by atoms with Crippen molar-refractivity contribution < 1.29 is 19.7 Å². The van der Waals surface area contributed by atoms with Gasteiger partial charge in [0.2, 0.25) is 6.35 Å².